The Hall–Kier alpha value is -1.36. The maximum atomic E-state index is 5.69. The molecule has 0 bridgehead atoms. The summed E-state index contributed by atoms with van der Waals surface area (Å²) in [4.78, 5) is 10.8. The van der Waals surface area contributed by atoms with Gasteiger partial charge in [-0.3, -0.25) is 0 Å². The minimum Gasteiger partial charge on any atom is -0.494 e. The number of nitrogens with zero attached hydrogens (tertiary/aromatic N) is 3. The Balaban J connectivity index is 2.11. The summed E-state index contributed by atoms with van der Waals surface area (Å²) in [5, 5.41) is 0. The lowest BCUT2D eigenvalue weighted by molar-refractivity contribution is 0.410. The lowest BCUT2D eigenvalue weighted by Gasteiger charge is -2.21. The van der Waals surface area contributed by atoms with E-state index < -0.39 is 0 Å². The summed E-state index contributed by atoms with van der Waals surface area (Å²) in [6.07, 6.45) is 4.52. The molecule has 0 radical (unpaired) electrons. The molecule has 2 rings (SSSR count). The van der Waals surface area contributed by atoms with E-state index in [-0.39, 0.29) is 0 Å². The first kappa shape index (κ1) is 11.1. The van der Waals surface area contributed by atoms with Crippen molar-refractivity contribution in [3.63, 3.8) is 0 Å². The molecule has 0 saturated carbocycles. The first-order valence-corrected chi connectivity index (χ1v) is 5.57. The Kier molecular flexibility index (Phi) is 3.24. The van der Waals surface area contributed by atoms with Crippen molar-refractivity contribution < 1.29 is 4.74 Å². The molecule has 16 heavy (non-hydrogen) atoms. The van der Waals surface area contributed by atoms with Gasteiger partial charge in [-0.25, -0.2) is 9.97 Å². The molecule has 0 spiro atoms. The normalized spacial score (nSPS) is 24.8. The van der Waals surface area contributed by atoms with Gasteiger partial charge >= 0.3 is 0 Å². The lowest BCUT2D eigenvalue weighted by atomic mass is 10.1. The Morgan fingerprint density at radius 2 is 2.19 bits per heavy atom. The summed E-state index contributed by atoms with van der Waals surface area (Å²) < 4.78 is 5.04. The van der Waals surface area contributed by atoms with Gasteiger partial charge in [0, 0.05) is 12.6 Å². The SMILES string of the molecule is COc1cnc(N2CC(CN)CC2C)nc1. The Morgan fingerprint density at radius 3 is 2.69 bits per heavy atom. The van der Waals surface area contributed by atoms with Gasteiger partial charge in [0.1, 0.15) is 0 Å². The molecule has 2 heterocycles. The van der Waals surface area contributed by atoms with Crippen molar-refractivity contribution in [2.75, 3.05) is 25.1 Å². The quantitative estimate of drug-likeness (QED) is 0.814. The molecule has 5 nitrogen and oxygen atoms in total. The minimum absolute atomic E-state index is 0.460. The molecule has 0 amide bonds. The number of aromatic nitrogens is 2. The summed E-state index contributed by atoms with van der Waals surface area (Å²) in [6, 6.07) is 0.460. The van der Waals surface area contributed by atoms with E-state index in [0.29, 0.717) is 17.7 Å². The predicted octanol–water partition coefficient (Wildman–Crippen LogP) is 0.659. The van der Waals surface area contributed by atoms with Crippen molar-refractivity contribution in [1.29, 1.82) is 0 Å². The van der Waals surface area contributed by atoms with Crippen LogP contribution in [-0.4, -0.2) is 36.2 Å². The van der Waals surface area contributed by atoms with Crippen molar-refractivity contribution in [2.24, 2.45) is 11.7 Å². The number of hydrogen-bond acceptors (Lipinski definition) is 5. The van der Waals surface area contributed by atoms with Crippen LogP contribution in [0.5, 0.6) is 5.75 Å². The van der Waals surface area contributed by atoms with Gasteiger partial charge in [-0.1, -0.05) is 0 Å². The van der Waals surface area contributed by atoms with Crippen LogP contribution >= 0.6 is 0 Å². The van der Waals surface area contributed by atoms with Gasteiger partial charge in [-0.05, 0) is 25.8 Å². The second kappa shape index (κ2) is 4.65. The van der Waals surface area contributed by atoms with Crippen LogP contribution in [0.3, 0.4) is 0 Å². The van der Waals surface area contributed by atoms with Crippen molar-refractivity contribution in [2.45, 2.75) is 19.4 Å². The Bertz CT molecular complexity index is 340. The monoisotopic (exact) mass is 222 g/mol. The predicted molar refractivity (Wildman–Crippen MR) is 62.6 cm³/mol. The first-order chi connectivity index (χ1) is 7.74. The van der Waals surface area contributed by atoms with Crippen molar-refractivity contribution in [1.82, 2.24) is 9.97 Å². The molecule has 2 atom stereocenters. The van der Waals surface area contributed by atoms with Crippen LogP contribution in [0.4, 0.5) is 5.95 Å². The zero-order valence-corrected chi connectivity index (χ0v) is 9.76. The number of nitrogens with two attached hydrogens (primary N) is 1. The van der Waals surface area contributed by atoms with Crippen LogP contribution in [0.2, 0.25) is 0 Å². The molecular formula is C11H18N4O. The maximum Gasteiger partial charge on any atom is 0.225 e. The molecule has 0 aromatic carbocycles. The van der Waals surface area contributed by atoms with Crippen molar-refractivity contribution >= 4 is 5.95 Å². The summed E-state index contributed by atoms with van der Waals surface area (Å²) in [5.41, 5.74) is 5.69. The molecule has 88 valence electrons. The molecular weight excluding hydrogens is 204 g/mol. The maximum absolute atomic E-state index is 5.69. The van der Waals surface area contributed by atoms with Gasteiger partial charge in [0.25, 0.3) is 0 Å². The molecule has 0 aliphatic carbocycles. The Morgan fingerprint density at radius 1 is 1.50 bits per heavy atom. The molecule has 1 aromatic heterocycles. The van der Waals surface area contributed by atoms with Crippen LogP contribution in [-0.2, 0) is 0 Å². The third-order valence-corrected chi connectivity index (χ3v) is 3.10. The van der Waals surface area contributed by atoms with Gasteiger partial charge in [0.2, 0.25) is 5.95 Å². The van der Waals surface area contributed by atoms with Gasteiger partial charge < -0.3 is 15.4 Å². The Labute approximate surface area is 95.6 Å². The first-order valence-electron chi connectivity index (χ1n) is 5.57. The van der Waals surface area contributed by atoms with E-state index in [0.717, 1.165) is 25.5 Å². The molecule has 1 aromatic rings. The number of methoxy groups -OCH3 is 1. The van der Waals surface area contributed by atoms with Crippen LogP contribution in [0.15, 0.2) is 12.4 Å². The average Bonchev–Trinajstić information content (AvgIpc) is 2.71. The number of ether oxygens (including phenoxy) is 1. The van der Waals surface area contributed by atoms with E-state index in [4.69, 9.17) is 10.5 Å². The van der Waals surface area contributed by atoms with Gasteiger partial charge in [0.15, 0.2) is 5.75 Å². The highest BCUT2D eigenvalue weighted by Crippen LogP contribution is 2.26. The lowest BCUT2D eigenvalue weighted by Crippen LogP contribution is -2.29. The van der Waals surface area contributed by atoms with E-state index in [1.54, 1.807) is 19.5 Å². The van der Waals surface area contributed by atoms with Crippen LogP contribution in [0.1, 0.15) is 13.3 Å². The zero-order chi connectivity index (χ0) is 11.5. The number of anilines is 1. The fourth-order valence-corrected chi connectivity index (χ4v) is 2.15. The molecule has 1 fully saturated rings. The summed E-state index contributed by atoms with van der Waals surface area (Å²) in [7, 11) is 1.61. The van der Waals surface area contributed by atoms with E-state index >= 15 is 0 Å². The molecule has 1 aliphatic rings. The van der Waals surface area contributed by atoms with Crippen molar-refractivity contribution in [3.8, 4) is 5.75 Å². The van der Waals surface area contributed by atoms with Gasteiger partial charge in [-0.2, -0.15) is 0 Å². The molecule has 2 N–H and O–H groups in total. The highest BCUT2D eigenvalue weighted by Gasteiger charge is 2.29. The largest absolute Gasteiger partial charge is 0.494 e. The standard InChI is InChI=1S/C11H18N4O/c1-8-3-9(4-12)7-15(8)11-13-5-10(16-2)6-14-11/h5-6,8-9H,3-4,7,12H2,1-2H3. The van der Waals surface area contributed by atoms with E-state index in [2.05, 4.69) is 21.8 Å². The summed E-state index contributed by atoms with van der Waals surface area (Å²) in [5.74, 6) is 2.01. The van der Waals surface area contributed by atoms with E-state index in [1.807, 2.05) is 0 Å². The second-order valence-electron chi connectivity index (χ2n) is 4.26. The highest BCUT2D eigenvalue weighted by molar-refractivity contribution is 5.34. The van der Waals surface area contributed by atoms with Gasteiger partial charge in [0.05, 0.1) is 19.5 Å². The van der Waals surface area contributed by atoms with Crippen LogP contribution in [0.25, 0.3) is 0 Å². The summed E-state index contributed by atoms with van der Waals surface area (Å²) >= 11 is 0. The van der Waals surface area contributed by atoms with Gasteiger partial charge in [-0.15, -0.1) is 0 Å². The topological polar surface area (TPSA) is 64.3 Å². The number of hydrogen-bond donors (Lipinski definition) is 1. The third-order valence-electron chi connectivity index (χ3n) is 3.10. The zero-order valence-electron chi connectivity index (χ0n) is 9.76. The fraction of sp³-hybridized carbons (Fsp3) is 0.636. The van der Waals surface area contributed by atoms with Crippen LogP contribution < -0.4 is 15.4 Å². The fourth-order valence-electron chi connectivity index (χ4n) is 2.15. The summed E-state index contributed by atoms with van der Waals surface area (Å²) in [6.45, 7) is 3.87. The third kappa shape index (κ3) is 2.09. The smallest absolute Gasteiger partial charge is 0.225 e. The second-order valence-corrected chi connectivity index (χ2v) is 4.26. The molecule has 1 aliphatic heterocycles. The number of rotatable bonds is 3. The van der Waals surface area contributed by atoms with E-state index in [1.165, 1.54) is 0 Å². The molecule has 1 saturated heterocycles. The highest BCUT2D eigenvalue weighted by atomic mass is 16.5. The average molecular weight is 222 g/mol. The molecule has 2 unspecified atom stereocenters. The van der Waals surface area contributed by atoms with E-state index in [9.17, 15) is 0 Å². The van der Waals surface area contributed by atoms with Crippen molar-refractivity contribution in [3.05, 3.63) is 12.4 Å². The minimum atomic E-state index is 0.460. The van der Waals surface area contributed by atoms with Crippen LogP contribution in [0, 0.1) is 5.92 Å². The molecule has 5 heteroatoms.